The molecule has 0 radical (unpaired) electrons. The van der Waals surface area contributed by atoms with E-state index in [9.17, 15) is 12.8 Å². The summed E-state index contributed by atoms with van der Waals surface area (Å²) in [5.74, 6) is -0.145. The van der Waals surface area contributed by atoms with Crippen LogP contribution in [0.15, 0.2) is 53.4 Å². The molecule has 0 saturated carbocycles. The van der Waals surface area contributed by atoms with Gasteiger partial charge in [-0.15, -0.1) is 0 Å². The average molecular weight is 309 g/mol. The Kier molecular flexibility index (Phi) is 4.80. The van der Waals surface area contributed by atoms with Crippen molar-refractivity contribution in [1.82, 2.24) is 0 Å². The van der Waals surface area contributed by atoms with E-state index in [0.29, 0.717) is 17.9 Å². The quantitative estimate of drug-likeness (QED) is 0.658. The number of nitrogens with two attached hydrogens (primary N) is 1. The van der Waals surface area contributed by atoms with Gasteiger partial charge in [0.1, 0.15) is 11.6 Å². The Labute approximate surface area is 123 Å². The lowest BCUT2D eigenvalue weighted by Crippen LogP contribution is -2.11. The Balaban J connectivity index is 1.90. The van der Waals surface area contributed by atoms with Gasteiger partial charge in [-0.25, -0.2) is 12.8 Å². The SMILES string of the molecule is Nc1ccccc1OCCCS(=O)(=O)c1cccc(F)c1. The monoisotopic (exact) mass is 309 g/mol. The number of halogens is 1. The third-order valence-corrected chi connectivity index (χ3v) is 4.69. The van der Waals surface area contributed by atoms with E-state index >= 15 is 0 Å². The molecule has 0 saturated heterocycles. The molecule has 0 bridgehead atoms. The Morgan fingerprint density at radius 3 is 2.57 bits per heavy atom. The van der Waals surface area contributed by atoms with Crippen molar-refractivity contribution >= 4 is 15.5 Å². The van der Waals surface area contributed by atoms with Gasteiger partial charge in [-0.3, -0.25) is 0 Å². The van der Waals surface area contributed by atoms with Crippen LogP contribution >= 0.6 is 0 Å². The Hall–Kier alpha value is -2.08. The van der Waals surface area contributed by atoms with Gasteiger partial charge in [0.15, 0.2) is 9.84 Å². The van der Waals surface area contributed by atoms with Crippen LogP contribution in [0.1, 0.15) is 6.42 Å². The van der Waals surface area contributed by atoms with Gasteiger partial charge >= 0.3 is 0 Å². The number of nitrogen functional groups attached to an aromatic ring is 1. The van der Waals surface area contributed by atoms with Crippen molar-refractivity contribution in [2.24, 2.45) is 0 Å². The fourth-order valence-corrected chi connectivity index (χ4v) is 3.13. The highest BCUT2D eigenvalue weighted by molar-refractivity contribution is 7.91. The molecule has 2 aromatic carbocycles. The first-order chi connectivity index (χ1) is 9.99. The second-order valence-corrected chi connectivity index (χ2v) is 6.63. The molecule has 0 unspecified atom stereocenters. The Bertz CT molecular complexity index is 716. The van der Waals surface area contributed by atoms with Crippen LogP contribution in [-0.2, 0) is 9.84 Å². The smallest absolute Gasteiger partial charge is 0.178 e. The van der Waals surface area contributed by atoms with Crippen LogP contribution in [0.5, 0.6) is 5.75 Å². The predicted octanol–water partition coefficient (Wildman–Crippen LogP) is 2.65. The third-order valence-electron chi connectivity index (χ3n) is 2.89. The summed E-state index contributed by atoms with van der Waals surface area (Å²) in [6.07, 6.45) is 0.299. The summed E-state index contributed by atoms with van der Waals surface area (Å²) in [6.45, 7) is 0.225. The predicted molar refractivity (Wildman–Crippen MR) is 79.4 cm³/mol. The zero-order chi connectivity index (χ0) is 15.3. The molecular formula is C15H16FNO3S. The van der Waals surface area contributed by atoms with Crippen LogP contribution < -0.4 is 10.5 Å². The maximum Gasteiger partial charge on any atom is 0.178 e. The van der Waals surface area contributed by atoms with E-state index in [4.69, 9.17) is 10.5 Å². The molecule has 0 atom stereocenters. The zero-order valence-electron chi connectivity index (χ0n) is 11.3. The summed E-state index contributed by atoms with van der Waals surface area (Å²) in [5, 5.41) is 0. The number of ether oxygens (including phenoxy) is 1. The molecule has 0 fully saturated rings. The lowest BCUT2D eigenvalue weighted by molar-refractivity contribution is 0.319. The highest BCUT2D eigenvalue weighted by Gasteiger charge is 2.14. The molecule has 0 aliphatic heterocycles. The molecule has 4 nitrogen and oxygen atoms in total. The summed E-state index contributed by atoms with van der Waals surface area (Å²) >= 11 is 0. The van der Waals surface area contributed by atoms with Crippen LogP contribution in [0.4, 0.5) is 10.1 Å². The molecule has 2 N–H and O–H groups in total. The normalized spacial score (nSPS) is 11.3. The molecule has 21 heavy (non-hydrogen) atoms. The maximum atomic E-state index is 13.0. The van der Waals surface area contributed by atoms with E-state index in [1.807, 2.05) is 0 Å². The van der Waals surface area contributed by atoms with E-state index in [1.54, 1.807) is 24.3 Å². The van der Waals surface area contributed by atoms with Crippen LogP contribution in [-0.4, -0.2) is 20.8 Å². The van der Waals surface area contributed by atoms with Crippen molar-refractivity contribution in [2.75, 3.05) is 18.1 Å². The summed E-state index contributed by atoms with van der Waals surface area (Å²) in [7, 11) is -3.50. The van der Waals surface area contributed by atoms with Gasteiger partial charge in [-0.05, 0) is 36.8 Å². The first-order valence-electron chi connectivity index (χ1n) is 6.45. The van der Waals surface area contributed by atoms with Crippen LogP contribution in [0.25, 0.3) is 0 Å². The highest BCUT2D eigenvalue weighted by atomic mass is 32.2. The van der Waals surface area contributed by atoms with Crippen LogP contribution in [0.3, 0.4) is 0 Å². The van der Waals surface area contributed by atoms with E-state index < -0.39 is 15.7 Å². The molecule has 0 aromatic heterocycles. The minimum Gasteiger partial charge on any atom is -0.491 e. The van der Waals surface area contributed by atoms with Gasteiger partial charge in [0.25, 0.3) is 0 Å². The van der Waals surface area contributed by atoms with E-state index in [-0.39, 0.29) is 17.3 Å². The third kappa shape index (κ3) is 4.19. The molecule has 6 heteroatoms. The van der Waals surface area contributed by atoms with Crippen LogP contribution in [0, 0.1) is 5.82 Å². The van der Waals surface area contributed by atoms with Gasteiger partial charge in [0.05, 0.1) is 22.9 Å². The minimum atomic E-state index is -3.50. The second kappa shape index (κ2) is 6.58. The van der Waals surface area contributed by atoms with Crippen molar-refractivity contribution < 1.29 is 17.5 Å². The summed E-state index contributed by atoms with van der Waals surface area (Å²) in [4.78, 5) is -0.0123. The van der Waals surface area contributed by atoms with E-state index in [0.717, 1.165) is 6.07 Å². The number of hydrogen-bond acceptors (Lipinski definition) is 4. The van der Waals surface area contributed by atoms with Crippen LogP contribution in [0.2, 0.25) is 0 Å². The van der Waals surface area contributed by atoms with E-state index in [2.05, 4.69) is 0 Å². The standard InChI is InChI=1S/C15H16FNO3S/c16-12-5-3-6-13(11-12)21(18,19)10-4-9-20-15-8-2-1-7-14(15)17/h1-3,5-8,11H,4,9-10,17H2. The molecule has 0 aliphatic rings. The van der Waals surface area contributed by atoms with Crippen molar-refractivity contribution in [2.45, 2.75) is 11.3 Å². The topological polar surface area (TPSA) is 69.4 Å². The van der Waals surface area contributed by atoms with Crippen molar-refractivity contribution in [3.05, 3.63) is 54.3 Å². The van der Waals surface area contributed by atoms with Gasteiger partial charge < -0.3 is 10.5 Å². The number of benzene rings is 2. The number of rotatable bonds is 6. The lowest BCUT2D eigenvalue weighted by Gasteiger charge is -2.09. The number of sulfone groups is 1. The number of anilines is 1. The molecule has 0 amide bonds. The fraction of sp³-hybridized carbons (Fsp3) is 0.200. The number of para-hydroxylation sites is 2. The number of hydrogen-bond donors (Lipinski definition) is 1. The minimum absolute atomic E-state index is 0.0123. The second-order valence-electron chi connectivity index (χ2n) is 4.52. The van der Waals surface area contributed by atoms with Crippen molar-refractivity contribution in [1.29, 1.82) is 0 Å². The average Bonchev–Trinajstić information content (AvgIpc) is 2.45. The lowest BCUT2D eigenvalue weighted by atomic mass is 10.3. The molecule has 112 valence electrons. The largest absolute Gasteiger partial charge is 0.491 e. The molecular weight excluding hydrogens is 293 g/mol. The molecule has 0 aliphatic carbocycles. The molecule has 0 spiro atoms. The maximum absolute atomic E-state index is 13.0. The first kappa shape index (κ1) is 15.3. The van der Waals surface area contributed by atoms with E-state index in [1.165, 1.54) is 18.2 Å². The zero-order valence-corrected chi connectivity index (χ0v) is 12.1. The summed E-state index contributed by atoms with van der Waals surface area (Å²) in [6, 6.07) is 12.0. The molecule has 2 aromatic rings. The highest BCUT2D eigenvalue weighted by Crippen LogP contribution is 2.20. The fourth-order valence-electron chi connectivity index (χ4n) is 1.82. The van der Waals surface area contributed by atoms with Gasteiger partial charge in [0.2, 0.25) is 0 Å². The Morgan fingerprint density at radius 2 is 1.86 bits per heavy atom. The first-order valence-corrected chi connectivity index (χ1v) is 8.10. The summed E-state index contributed by atoms with van der Waals surface area (Å²) in [5.41, 5.74) is 6.22. The van der Waals surface area contributed by atoms with Crippen molar-refractivity contribution in [3.8, 4) is 5.75 Å². The Morgan fingerprint density at radius 1 is 1.10 bits per heavy atom. The van der Waals surface area contributed by atoms with Gasteiger partial charge in [0, 0.05) is 0 Å². The van der Waals surface area contributed by atoms with Gasteiger partial charge in [-0.2, -0.15) is 0 Å². The molecule has 2 rings (SSSR count). The summed E-state index contributed by atoms with van der Waals surface area (Å²) < 4.78 is 42.5. The molecule has 0 heterocycles. The van der Waals surface area contributed by atoms with Crippen molar-refractivity contribution in [3.63, 3.8) is 0 Å². The van der Waals surface area contributed by atoms with Gasteiger partial charge in [-0.1, -0.05) is 18.2 Å².